The maximum absolute atomic E-state index is 13.0. The van der Waals surface area contributed by atoms with Crippen LogP contribution >= 0.6 is 0 Å². The highest BCUT2D eigenvalue weighted by Gasteiger charge is 2.20. The molecule has 9 heteroatoms. The van der Waals surface area contributed by atoms with Crippen molar-refractivity contribution >= 4 is 22.6 Å². The van der Waals surface area contributed by atoms with E-state index in [1.807, 2.05) is 6.07 Å². The van der Waals surface area contributed by atoms with E-state index in [9.17, 15) is 24.3 Å². The number of aliphatic carboxylic acids is 1. The van der Waals surface area contributed by atoms with Gasteiger partial charge in [0.05, 0.1) is 0 Å². The van der Waals surface area contributed by atoms with Crippen molar-refractivity contribution in [2.45, 2.75) is 0 Å². The van der Waals surface area contributed by atoms with Crippen molar-refractivity contribution in [3.8, 4) is 23.3 Å². The summed E-state index contributed by atoms with van der Waals surface area (Å²) in [5, 5.41) is 30.9. The van der Waals surface area contributed by atoms with E-state index in [1.165, 1.54) is 42.5 Å². The summed E-state index contributed by atoms with van der Waals surface area (Å²) < 4.78 is 18.6. The van der Waals surface area contributed by atoms with Gasteiger partial charge in [0.1, 0.15) is 35.6 Å². The van der Waals surface area contributed by atoms with Gasteiger partial charge in [-0.1, -0.05) is 0 Å². The van der Waals surface area contributed by atoms with Gasteiger partial charge >= 0.3 is 5.97 Å². The number of rotatable bonds is 5. The average molecular weight is 381 g/mol. The minimum atomic E-state index is -1.27. The lowest BCUT2D eigenvalue weighted by atomic mass is 10.1. The number of aromatic hydroxyl groups is 1. The molecular formula is C19H12FN3O5. The van der Waals surface area contributed by atoms with Crippen molar-refractivity contribution < 1.29 is 28.9 Å². The minimum absolute atomic E-state index is 0.117. The number of benzene rings is 2. The molecule has 0 atom stereocenters. The molecule has 3 rings (SSSR count). The van der Waals surface area contributed by atoms with Crippen molar-refractivity contribution in [3.63, 3.8) is 0 Å². The van der Waals surface area contributed by atoms with Gasteiger partial charge in [0.25, 0.3) is 5.91 Å². The highest BCUT2D eigenvalue weighted by Crippen LogP contribution is 2.34. The summed E-state index contributed by atoms with van der Waals surface area (Å²) in [5.41, 5.74) is -0.606. The second-order valence-corrected chi connectivity index (χ2v) is 5.61. The average Bonchev–Trinajstić information content (AvgIpc) is 2.68. The number of hydrogen-bond donors (Lipinski definition) is 3. The van der Waals surface area contributed by atoms with E-state index >= 15 is 0 Å². The van der Waals surface area contributed by atoms with Crippen LogP contribution in [0.5, 0.6) is 17.2 Å². The summed E-state index contributed by atoms with van der Waals surface area (Å²) in [5.74, 6) is -2.56. The SMILES string of the molecule is N#Cc1nc(C(=O)NCC(=O)O)c(O)c2cc(Oc3ccc(F)cc3)ccc12. The number of aromatic nitrogens is 1. The Bertz CT molecular complexity index is 1120. The Morgan fingerprint density at radius 2 is 1.82 bits per heavy atom. The first-order valence-corrected chi connectivity index (χ1v) is 7.89. The molecule has 8 nitrogen and oxygen atoms in total. The Morgan fingerprint density at radius 3 is 2.46 bits per heavy atom. The van der Waals surface area contributed by atoms with Crippen LogP contribution < -0.4 is 10.1 Å². The van der Waals surface area contributed by atoms with Gasteiger partial charge in [-0.3, -0.25) is 9.59 Å². The first-order valence-electron chi connectivity index (χ1n) is 7.89. The van der Waals surface area contributed by atoms with Crippen LogP contribution in [0.25, 0.3) is 10.8 Å². The van der Waals surface area contributed by atoms with Crippen LogP contribution in [0.4, 0.5) is 4.39 Å². The molecule has 0 saturated heterocycles. The highest BCUT2D eigenvalue weighted by atomic mass is 19.1. The number of nitrogens with one attached hydrogen (secondary N) is 1. The number of ether oxygens (including phenoxy) is 1. The largest absolute Gasteiger partial charge is 0.505 e. The Labute approximate surface area is 157 Å². The number of carboxylic acids is 1. The fourth-order valence-electron chi connectivity index (χ4n) is 2.46. The first-order chi connectivity index (χ1) is 13.4. The smallest absolute Gasteiger partial charge is 0.322 e. The maximum atomic E-state index is 13.0. The molecule has 1 aromatic heterocycles. The summed E-state index contributed by atoms with van der Waals surface area (Å²) in [6.07, 6.45) is 0. The standard InChI is InChI=1S/C19H12FN3O5/c20-10-1-3-11(4-2-10)28-12-5-6-13-14(7-12)18(26)17(23-15(13)8-21)19(27)22-9-16(24)25/h1-7,26H,9H2,(H,22,27)(H,24,25). The molecule has 0 saturated carbocycles. The summed E-state index contributed by atoms with van der Waals surface area (Å²) in [6.45, 7) is -0.673. The zero-order chi connectivity index (χ0) is 20.3. The summed E-state index contributed by atoms with van der Waals surface area (Å²) in [7, 11) is 0. The third-order valence-electron chi connectivity index (χ3n) is 3.72. The van der Waals surface area contributed by atoms with Crippen LogP contribution in [-0.2, 0) is 4.79 Å². The van der Waals surface area contributed by atoms with Gasteiger partial charge in [-0.2, -0.15) is 5.26 Å². The number of nitrogens with zero attached hydrogens (tertiary/aromatic N) is 2. The number of carbonyl (C=O) groups excluding carboxylic acids is 1. The molecule has 0 unspecified atom stereocenters. The van der Waals surface area contributed by atoms with E-state index < -0.39 is 35.7 Å². The molecule has 0 radical (unpaired) electrons. The third kappa shape index (κ3) is 3.81. The van der Waals surface area contributed by atoms with Gasteiger partial charge in [-0.25, -0.2) is 9.37 Å². The quantitative estimate of drug-likeness (QED) is 0.618. The zero-order valence-corrected chi connectivity index (χ0v) is 14.1. The van der Waals surface area contributed by atoms with Crippen LogP contribution in [-0.4, -0.2) is 33.6 Å². The molecule has 3 aromatic rings. The van der Waals surface area contributed by atoms with Gasteiger partial charge in [-0.15, -0.1) is 0 Å². The van der Waals surface area contributed by atoms with Gasteiger partial charge < -0.3 is 20.3 Å². The van der Waals surface area contributed by atoms with Crippen molar-refractivity contribution in [1.29, 1.82) is 5.26 Å². The first kappa shape index (κ1) is 18.6. The van der Waals surface area contributed by atoms with Crippen LogP contribution in [0.2, 0.25) is 0 Å². The van der Waals surface area contributed by atoms with E-state index in [1.54, 1.807) is 0 Å². The summed E-state index contributed by atoms with van der Waals surface area (Å²) >= 11 is 0. The van der Waals surface area contributed by atoms with E-state index in [0.717, 1.165) is 0 Å². The zero-order valence-electron chi connectivity index (χ0n) is 14.1. The molecule has 0 spiro atoms. The van der Waals surface area contributed by atoms with Gasteiger partial charge in [0.2, 0.25) is 0 Å². The fourth-order valence-corrected chi connectivity index (χ4v) is 2.46. The van der Waals surface area contributed by atoms with Crippen LogP contribution in [0.1, 0.15) is 16.2 Å². The minimum Gasteiger partial charge on any atom is -0.505 e. The molecule has 140 valence electrons. The third-order valence-corrected chi connectivity index (χ3v) is 3.72. The maximum Gasteiger partial charge on any atom is 0.322 e. The predicted molar refractivity (Wildman–Crippen MR) is 94.6 cm³/mol. The normalized spacial score (nSPS) is 10.3. The van der Waals surface area contributed by atoms with Gasteiger partial charge in [0, 0.05) is 10.8 Å². The van der Waals surface area contributed by atoms with Crippen LogP contribution in [0, 0.1) is 17.1 Å². The number of carbonyl (C=O) groups is 2. The van der Waals surface area contributed by atoms with Crippen LogP contribution in [0.15, 0.2) is 42.5 Å². The number of carboxylic acid groups (broad SMARTS) is 1. The predicted octanol–water partition coefficient (Wildman–Crippen LogP) is 2.56. The molecule has 0 bridgehead atoms. The monoisotopic (exact) mass is 381 g/mol. The fraction of sp³-hybridized carbons (Fsp3) is 0.0526. The number of fused-ring (bicyclic) bond motifs is 1. The number of hydrogen-bond acceptors (Lipinski definition) is 6. The molecule has 1 heterocycles. The molecule has 3 N–H and O–H groups in total. The van der Waals surface area contributed by atoms with Gasteiger partial charge in [0.15, 0.2) is 11.4 Å². The lowest BCUT2D eigenvalue weighted by Crippen LogP contribution is -2.30. The topological polar surface area (TPSA) is 133 Å². The molecule has 0 fully saturated rings. The second-order valence-electron chi connectivity index (χ2n) is 5.61. The molecule has 0 aliphatic carbocycles. The van der Waals surface area contributed by atoms with Crippen molar-refractivity contribution in [3.05, 3.63) is 59.7 Å². The van der Waals surface area contributed by atoms with Gasteiger partial charge in [-0.05, 0) is 42.5 Å². The van der Waals surface area contributed by atoms with Crippen molar-refractivity contribution in [1.82, 2.24) is 10.3 Å². The Hall–Kier alpha value is -4.19. The summed E-state index contributed by atoms with van der Waals surface area (Å²) in [6, 6.07) is 11.5. The Kier molecular flexibility index (Phi) is 5.04. The summed E-state index contributed by atoms with van der Waals surface area (Å²) in [4.78, 5) is 26.5. The van der Waals surface area contributed by atoms with E-state index in [4.69, 9.17) is 9.84 Å². The van der Waals surface area contributed by atoms with Crippen molar-refractivity contribution in [2.75, 3.05) is 6.54 Å². The number of nitriles is 1. The molecule has 1 amide bonds. The van der Waals surface area contributed by atoms with Crippen molar-refractivity contribution in [2.24, 2.45) is 0 Å². The lowest BCUT2D eigenvalue weighted by Gasteiger charge is -2.11. The second kappa shape index (κ2) is 7.59. The van der Waals surface area contributed by atoms with Crippen LogP contribution in [0.3, 0.4) is 0 Å². The number of pyridine rings is 1. The Balaban J connectivity index is 2.04. The Morgan fingerprint density at radius 1 is 1.14 bits per heavy atom. The molecule has 0 aliphatic heterocycles. The van der Waals surface area contributed by atoms with E-state index in [-0.39, 0.29) is 22.2 Å². The van der Waals surface area contributed by atoms with E-state index in [2.05, 4.69) is 10.3 Å². The lowest BCUT2D eigenvalue weighted by molar-refractivity contribution is -0.135. The molecule has 0 aliphatic rings. The number of halogens is 1. The number of amides is 1. The molecule has 2 aromatic carbocycles. The highest BCUT2D eigenvalue weighted by molar-refractivity contribution is 6.04. The molecule has 28 heavy (non-hydrogen) atoms. The van der Waals surface area contributed by atoms with E-state index in [0.29, 0.717) is 5.75 Å². The molecular weight excluding hydrogens is 369 g/mol.